The molecule has 0 atom stereocenters. The molecular formula is C16H13ClN2O5S. The van der Waals surface area contributed by atoms with Crippen LogP contribution in [0.15, 0.2) is 68.5 Å². The van der Waals surface area contributed by atoms with Crippen LogP contribution in [0, 0.1) is 0 Å². The number of rotatable bonds is 6. The molecule has 0 aliphatic carbocycles. The number of halogens is 1. The highest BCUT2D eigenvalue weighted by Gasteiger charge is 2.16. The summed E-state index contributed by atoms with van der Waals surface area (Å²) in [7, 11) is -3.76. The van der Waals surface area contributed by atoms with E-state index in [4.69, 9.17) is 20.4 Å². The molecule has 1 amide bonds. The van der Waals surface area contributed by atoms with Gasteiger partial charge in [-0.25, -0.2) is 13.1 Å². The lowest BCUT2D eigenvalue weighted by Crippen LogP contribution is -2.23. The van der Waals surface area contributed by atoms with Crippen LogP contribution >= 0.6 is 11.6 Å². The van der Waals surface area contributed by atoms with Gasteiger partial charge in [-0.05, 0) is 54.1 Å². The quantitative estimate of drug-likeness (QED) is 0.683. The van der Waals surface area contributed by atoms with Crippen molar-refractivity contribution in [2.45, 2.75) is 11.4 Å². The second kappa shape index (κ2) is 7.14. The Balaban J connectivity index is 1.73. The standard InChI is InChI=1S/C16H13ClN2O5S/c17-15-7-6-14(24-15)16(20)19-11-3-1-5-13(9-11)25(21,22)18-10-12-4-2-8-23-12/h1-9,18H,10H2,(H,19,20). The zero-order valence-electron chi connectivity index (χ0n) is 12.7. The van der Waals surface area contributed by atoms with Crippen LogP contribution in [-0.2, 0) is 16.6 Å². The Hall–Kier alpha value is -2.55. The fourth-order valence-corrected chi connectivity index (χ4v) is 3.22. The third-order valence-corrected chi connectivity index (χ3v) is 4.82. The number of carbonyl (C=O) groups excluding carboxylic acids is 1. The van der Waals surface area contributed by atoms with Gasteiger partial charge in [0.1, 0.15) is 5.76 Å². The Bertz CT molecular complexity index is 980. The van der Waals surface area contributed by atoms with Crippen LogP contribution in [0.2, 0.25) is 5.22 Å². The fraction of sp³-hybridized carbons (Fsp3) is 0.0625. The van der Waals surface area contributed by atoms with Crippen LogP contribution in [0.3, 0.4) is 0 Å². The Morgan fingerprint density at radius 1 is 1.12 bits per heavy atom. The van der Waals surface area contributed by atoms with E-state index in [2.05, 4.69) is 10.0 Å². The van der Waals surface area contributed by atoms with Crippen LogP contribution in [0.5, 0.6) is 0 Å². The van der Waals surface area contributed by atoms with Gasteiger partial charge in [0.05, 0.1) is 17.7 Å². The largest absolute Gasteiger partial charge is 0.468 e. The topological polar surface area (TPSA) is 102 Å². The zero-order valence-corrected chi connectivity index (χ0v) is 14.3. The summed E-state index contributed by atoms with van der Waals surface area (Å²) in [5, 5.41) is 2.64. The highest BCUT2D eigenvalue weighted by molar-refractivity contribution is 7.89. The minimum absolute atomic E-state index is 0.00864. The summed E-state index contributed by atoms with van der Waals surface area (Å²) >= 11 is 5.63. The SMILES string of the molecule is O=C(Nc1cccc(S(=O)(=O)NCc2ccco2)c1)c1ccc(Cl)o1. The number of anilines is 1. The van der Waals surface area contributed by atoms with Crippen molar-refractivity contribution in [3.05, 3.63) is 71.5 Å². The number of sulfonamides is 1. The van der Waals surface area contributed by atoms with Crippen LogP contribution < -0.4 is 10.0 Å². The number of carbonyl (C=O) groups is 1. The first-order chi connectivity index (χ1) is 11.9. The van der Waals surface area contributed by atoms with Gasteiger partial charge in [-0.1, -0.05) is 6.07 Å². The van der Waals surface area contributed by atoms with E-state index in [0.717, 1.165) is 0 Å². The van der Waals surface area contributed by atoms with Crippen molar-refractivity contribution < 1.29 is 22.0 Å². The highest BCUT2D eigenvalue weighted by Crippen LogP contribution is 2.18. The minimum atomic E-state index is -3.76. The molecule has 2 aromatic heterocycles. The van der Waals surface area contributed by atoms with E-state index in [9.17, 15) is 13.2 Å². The average molecular weight is 381 g/mol. The Labute approximate surface area is 148 Å². The smallest absolute Gasteiger partial charge is 0.291 e. The molecule has 3 rings (SSSR count). The lowest BCUT2D eigenvalue weighted by Gasteiger charge is -2.08. The molecule has 0 aliphatic rings. The summed E-state index contributed by atoms with van der Waals surface area (Å²) in [6.07, 6.45) is 1.46. The van der Waals surface area contributed by atoms with E-state index in [0.29, 0.717) is 11.4 Å². The van der Waals surface area contributed by atoms with Crippen LogP contribution in [-0.4, -0.2) is 14.3 Å². The monoisotopic (exact) mass is 380 g/mol. The van der Waals surface area contributed by atoms with Crippen LogP contribution in [0.25, 0.3) is 0 Å². The molecule has 25 heavy (non-hydrogen) atoms. The molecule has 0 fully saturated rings. The summed E-state index contributed by atoms with van der Waals surface area (Å²) in [5.74, 6) is -0.0260. The van der Waals surface area contributed by atoms with Gasteiger partial charge in [0.15, 0.2) is 11.0 Å². The maximum absolute atomic E-state index is 12.3. The predicted molar refractivity (Wildman–Crippen MR) is 90.8 cm³/mol. The first-order valence-corrected chi connectivity index (χ1v) is 8.99. The van der Waals surface area contributed by atoms with Crippen molar-refractivity contribution in [2.24, 2.45) is 0 Å². The summed E-state index contributed by atoms with van der Waals surface area (Å²) < 4.78 is 37.2. The van der Waals surface area contributed by atoms with Crippen molar-refractivity contribution in [1.29, 1.82) is 0 Å². The Morgan fingerprint density at radius 2 is 1.96 bits per heavy atom. The van der Waals surface area contributed by atoms with Gasteiger partial charge < -0.3 is 14.2 Å². The van der Waals surface area contributed by atoms with Gasteiger partial charge in [-0.15, -0.1) is 0 Å². The zero-order chi connectivity index (χ0) is 17.9. The highest BCUT2D eigenvalue weighted by atomic mass is 35.5. The molecule has 0 unspecified atom stereocenters. The predicted octanol–water partition coefficient (Wildman–Crippen LogP) is 3.26. The molecule has 9 heteroatoms. The van der Waals surface area contributed by atoms with E-state index >= 15 is 0 Å². The van der Waals surface area contributed by atoms with E-state index in [-0.39, 0.29) is 22.4 Å². The van der Waals surface area contributed by atoms with Crippen molar-refractivity contribution >= 4 is 33.2 Å². The molecule has 0 radical (unpaired) electrons. The molecular weight excluding hydrogens is 368 g/mol. The molecule has 3 aromatic rings. The molecule has 2 heterocycles. The number of furan rings is 2. The van der Waals surface area contributed by atoms with Crippen molar-refractivity contribution in [3.8, 4) is 0 Å². The van der Waals surface area contributed by atoms with E-state index in [1.165, 1.54) is 36.6 Å². The van der Waals surface area contributed by atoms with Crippen molar-refractivity contribution in [1.82, 2.24) is 4.72 Å². The number of benzene rings is 1. The molecule has 0 saturated heterocycles. The molecule has 130 valence electrons. The van der Waals surface area contributed by atoms with Crippen molar-refractivity contribution in [2.75, 3.05) is 5.32 Å². The minimum Gasteiger partial charge on any atom is -0.468 e. The molecule has 2 N–H and O–H groups in total. The molecule has 0 bridgehead atoms. The molecule has 0 spiro atoms. The van der Waals surface area contributed by atoms with Gasteiger partial charge in [-0.3, -0.25) is 4.79 Å². The number of nitrogens with one attached hydrogen (secondary N) is 2. The van der Waals surface area contributed by atoms with Gasteiger partial charge in [0.25, 0.3) is 5.91 Å². The first kappa shape index (κ1) is 17.3. The maximum Gasteiger partial charge on any atom is 0.291 e. The van der Waals surface area contributed by atoms with Crippen LogP contribution in [0.4, 0.5) is 5.69 Å². The summed E-state index contributed by atoms with van der Waals surface area (Å²) in [5.41, 5.74) is 0.304. The lowest BCUT2D eigenvalue weighted by molar-refractivity contribution is 0.0996. The fourth-order valence-electron chi connectivity index (χ4n) is 2.03. The Morgan fingerprint density at radius 3 is 2.64 bits per heavy atom. The summed E-state index contributed by atoms with van der Waals surface area (Å²) in [4.78, 5) is 12.0. The van der Waals surface area contributed by atoms with Gasteiger partial charge in [0.2, 0.25) is 10.0 Å². The molecule has 7 nitrogen and oxygen atoms in total. The van der Waals surface area contributed by atoms with E-state index in [1.807, 2.05) is 0 Å². The van der Waals surface area contributed by atoms with Crippen molar-refractivity contribution in [3.63, 3.8) is 0 Å². The maximum atomic E-state index is 12.3. The van der Waals surface area contributed by atoms with Gasteiger partial charge in [0, 0.05) is 5.69 Å². The second-order valence-electron chi connectivity index (χ2n) is 4.99. The normalized spacial score (nSPS) is 11.4. The van der Waals surface area contributed by atoms with Crippen LogP contribution in [0.1, 0.15) is 16.3 Å². The summed E-state index contributed by atoms with van der Waals surface area (Å²) in [6.45, 7) is 0.0246. The number of amides is 1. The summed E-state index contributed by atoms with van der Waals surface area (Å²) in [6, 6.07) is 12.0. The molecule has 1 aromatic carbocycles. The second-order valence-corrected chi connectivity index (χ2v) is 7.13. The number of hydrogen-bond donors (Lipinski definition) is 2. The molecule has 0 saturated carbocycles. The third-order valence-electron chi connectivity index (χ3n) is 3.22. The lowest BCUT2D eigenvalue weighted by atomic mass is 10.3. The Kier molecular flexibility index (Phi) is 4.93. The molecule has 0 aliphatic heterocycles. The third kappa shape index (κ3) is 4.30. The number of hydrogen-bond acceptors (Lipinski definition) is 5. The first-order valence-electron chi connectivity index (χ1n) is 7.13. The van der Waals surface area contributed by atoms with E-state index < -0.39 is 15.9 Å². The van der Waals surface area contributed by atoms with E-state index in [1.54, 1.807) is 18.2 Å². The van der Waals surface area contributed by atoms with Gasteiger partial charge in [-0.2, -0.15) is 0 Å². The average Bonchev–Trinajstić information content (AvgIpc) is 3.25. The van der Waals surface area contributed by atoms with Gasteiger partial charge >= 0.3 is 0 Å².